The Kier molecular flexibility index (Phi) is 6.38. The van der Waals surface area contributed by atoms with Crippen LogP contribution in [0, 0.1) is 12.3 Å². The van der Waals surface area contributed by atoms with Crippen LogP contribution in [0.2, 0.25) is 0 Å². The van der Waals surface area contributed by atoms with Gasteiger partial charge < -0.3 is 14.9 Å². The van der Waals surface area contributed by atoms with E-state index in [1.165, 1.54) is 0 Å². The number of halogens is 2. The number of nitrogens with zero attached hydrogens (tertiary/aromatic N) is 1. The minimum Gasteiger partial charge on any atom is -0.423 e. The van der Waals surface area contributed by atoms with E-state index >= 15 is 0 Å². The van der Waals surface area contributed by atoms with E-state index in [2.05, 4.69) is 5.92 Å². The summed E-state index contributed by atoms with van der Waals surface area (Å²) in [5, 5.41) is 18.4. The molecular weight excluding hydrogens is 272 g/mol. The van der Waals surface area contributed by atoms with E-state index in [-0.39, 0.29) is 0 Å². The lowest BCUT2D eigenvalue weighted by atomic mass is 9.77. The van der Waals surface area contributed by atoms with Crippen molar-refractivity contribution in [3.05, 3.63) is 23.8 Å². The van der Waals surface area contributed by atoms with Gasteiger partial charge in [-0.3, -0.25) is 0 Å². The Morgan fingerprint density at radius 3 is 2.28 bits per heavy atom. The van der Waals surface area contributed by atoms with E-state index < -0.39 is 7.12 Å². The van der Waals surface area contributed by atoms with E-state index in [0.29, 0.717) is 35.9 Å². The van der Waals surface area contributed by atoms with Gasteiger partial charge >= 0.3 is 7.12 Å². The largest absolute Gasteiger partial charge is 0.489 e. The number of alkyl halides is 2. The van der Waals surface area contributed by atoms with Crippen molar-refractivity contribution in [3.8, 4) is 12.3 Å². The summed E-state index contributed by atoms with van der Waals surface area (Å²) in [5.74, 6) is 3.40. The first-order valence-corrected chi connectivity index (χ1v) is 6.54. The Morgan fingerprint density at radius 2 is 1.83 bits per heavy atom. The molecule has 0 saturated carbocycles. The summed E-state index contributed by atoms with van der Waals surface area (Å²) in [5.41, 5.74) is 1.64. The van der Waals surface area contributed by atoms with Gasteiger partial charge in [0, 0.05) is 36.1 Å². The van der Waals surface area contributed by atoms with Crippen LogP contribution in [0.1, 0.15) is 5.56 Å². The summed E-state index contributed by atoms with van der Waals surface area (Å²) in [7, 11) is -1.57. The minimum absolute atomic E-state index is 0.318. The molecule has 0 amide bonds. The molecule has 0 aliphatic heterocycles. The maximum absolute atomic E-state index is 9.18. The van der Waals surface area contributed by atoms with Crippen molar-refractivity contribution in [2.75, 3.05) is 29.7 Å². The molecule has 0 fully saturated rings. The van der Waals surface area contributed by atoms with Crippen LogP contribution >= 0.6 is 23.2 Å². The third-order valence-electron chi connectivity index (χ3n) is 2.54. The number of benzene rings is 1. The number of rotatable bonds is 6. The third-order valence-corrected chi connectivity index (χ3v) is 2.88. The molecule has 0 saturated heterocycles. The molecule has 0 aromatic heterocycles. The first-order valence-electron chi connectivity index (χ1n) is 5.47. The zero-order valence-corrected chi connectivity index (χ0v) is 11.3. The Morgan fingerprint density at radius 1 is 1.22 bits per heavy atom. The van der Waals surface area contributed by atoms with E-state index in [9.17, 15) is 10.0 Å². The Hall–Kier alpha value is -0.855. The van der Waals surface area contributed by atoms with Crippen LogP contribution < -0.4 is 10.4 Å². The lowest BCUT2D eigenvalue weighted by Gasteiger charge is -2.23. The summed E-state index contributed by atoms with van der Waals surface area (Å²) in [6.07, 6.45) is 5.36. The van der Waals surface area contributed by atoms with Crippen molar-refractivity contribution in [3.63, 3.8) is 0 Å². The molecule has 2 N–H and O–H groups in total. The fourth-order valence-electron chi connectivity index (χ4n) is 1.67. The smallest absolute Gasteiger partial charge is 0.423 e. The monoisotopic (exact) mass is 285 g/mol. The van der Waals surface area contributed by atoms with Gasteiger partial charge in [-0.2, -0.15) is 0 Å². The fourth-order valence-corrected chi connectivity index (χ4v) is 2.07. The molecule has 0 atom stereocenters. The lowest BCUT2D eigenvalue weighted by Crippen LogP contribution is -2.33. The molecule has 6 heteroatoms. The average molecular weight is 286 g/mol. The highest BCUT2D eigenvalue weighted by atomic mass is 35.5. The number of terminal acetylenes is 1. The van der Waals surface area contributed by atoms with Crippen LogP contribution in [0.15, 0.2) is 18.2 Å². The Bertz CT molecular complexity index is 429. The topological polar surface area (TPSA) is 43.7 Å². The summed E-state index contributed by atoms with van der Waals surface area (Å²) in [4.78, 5) is 1.99. The summed E-state index contributed by atoms with van der Waals surface area (Å²) in [6.45, 7) is 1.30. The van der Waals surface area contributed by atoms with Gasteiger partial charge in [-0.25, -0.2) is 0 Å². The standard InChI is InChI=1S/C12H14BCl2NO2/c1-2-10-9-11(3-4-12(10)13(17)18)16(7-5-14)8-6-15/h1,3-4,9,17-18H,5-8H2. The van der Waals surface area contributed by atoms with Gasteiger partial charge in [-0.05, 0) is 17.6 Å². The quantitative estimate of drug-likeness (QED) is 0.458. The van der Waals surface area contributed by atoms with Gasteiger partial charge in [0.15, 0.2) is 0 Å². The van der Waals surface area contributed by atoms with Crippen LogP contribution in [0.4, 0.5) is 5.69 Å². The first-order chi connectivity index (χ1) is 8.63. The van der Waals surface area contributed by atoms with E-state index in [1.54, 1.807) is 18.2 Å². The second kappa shape index (κ2) is 7.55. The SMILES string of the molecule is C#Cc1cc(N(CCCl)CCCl)ccc1B(O)O. The molecule has 1 rings (SSSR count). The number of hydrogen-bond acceptors (Lipinski definition) is 3. The average Bonchev–Trinajstić information content (AvgIpc) is 2.37. The molecule has 96 valence electrons. The predicted molar refractivity (Wildman–Crippen MR) is 77.9 cm³/mol. The van der Waals surface area contributed by atoms with E-state index in [1.807, 2.05) is 4.90 Å². The van der Waals surface area contributed by atoms with Gasteiger partial charge in [-0.15, -0.1) is 29.6 Å². The summed E-state index contributed by atoms with van der Waals surface area (Å²) in [6, 6.07) is 5.10. The van der Waals surface area contributed by atoms with Gasteiger partial charge in [0.25, 0.3) is 0 Å². The molecule has 0 bridgehead atoms. The van der Waals surface area contributed by atoms with E-state index in [0.717, 1.165) is 5.69 Å². The molecule has 0 unspecified atom stereocenters. The maximum atomic E-state index is 9.18. The highest BCUT2D eigenvalue weighted by Gasteiger charge is 2.16. The van der Waals surface area contributed by atoms with Crippen molar-refractivity contribution in [1.29, 1.82) is 0 Å². The fraction of sp³-hybridized carbons (Fsp3) is 0.333. The zero-order valence-electron chi connectivity index (χ0n) is 9.81. The molecule has 1 aromatic rings. The highest BCUT2D eigenvalue weighted by Crippen LogP contribution is 2.15. The summed E-state index contributed by atoms with van der Waals surface area (Å²) < 4.78 is 0. The highest BCUT2D eigenvalue weighted by molar-refractivity contribution is 6.59. The second-order valence-corrected chi connectivity index (χ2v) is 4.41. The van der Waals surface area contributed by atoms with Crippen molar-refractivity contribution in [1.82, 2.24) is 0 Å². The normalized spacial score (nSPS) is 9.94. The number of hydrogen-bond donors (Lipinski definition) is 2. The second-order valence-electron chi connectivity index (χ2n) is 3.65. The predicted octanol–water partition coefficient (Wildman–Crippen LogP) is 0.632. The third kappa shape index (κ3) is 3.83. The van der Waals surface area contributed by atoms with Crippen LogP contribution in [-0.2, 0) is 0 Å². The zero-order chi connectivity index (χ0) is 13.5. The van der Waals surface area contributed by atoms with Gasteiger partial charge in [0.2, 0.25) is 0 Å². The number of anilines is 1. The molecule has 0 heterocycles. The molecule has 18 heavy (non-hydrogen) atoms. The van der Waals surface area contributed by atoms with Crippen LogP contribution in [0.5, 0.6) is 0 Å². The van der Waals surface area contributed by atoms with E-state index in [4.69, 9.17) is 29.6 Å². The molecule has 0 spiro atoms. The lowest BCUT2D eigenvalue weighted by molar-refractivity contribution is 0.425. The summed E-state index contributed by atoms with van der Waals surface area (Å²) >= 11 is 11.5. The Labute approximate surface area is 117 Å². The van der Waals surface area contributed by atoms with Crippen LogP contribution in [0.3, 0.4) is 0 Å². The van der Waals surface area contributed by atoms with Gasteiger partial charge in [0.05, 0.1) is 0 Å². The maximum Gasteiger partial charge on any atom is 0.489 e. The Balaban J connectivity index is 3.06. The van der Waals surface area contributed by atoms with Crippen molar-refractivity contribution >= 4 is 41.5 Å². The molecule has 0 radical (unpaired) electrons. The van der Waals surface area contributed by atoms with Crippen LogP contribution in [-0.4, -0.2) is 42.0 Å². The van der Waals surface area contributed by atoms with Gasteiger partial charge in [0.1, 0.15) is 0 Å². The molecule has 0 aliphatic carbocycles. The van der Waals surface area contributed by atoms with Crippen molar-refractivity contribution < 1.29 is 10.0 Å². The first kappa shape index (κ1) is 15.2. The minimum atomic E-state index is -1.57. The molecule has 3 nitrogen and oxygen atoms in total. The van der Waals surface area contributed by atoms with Crippen molar-refractivity contribution in [2.45, 2.75) is 0 Å². The van der Waals surface area contributed by atoms with Crippen molar-refractivity contribution in [2.24, 2.45) is 0 Å². The molecule has 1 aromatic carbocycles. The molecular formula is C12H14BCl2NO2. The molecule has 0 aliphatic rings. The van der Waals surface area contributed by atoms with Crippen LogP contribution in [0.25, 0.3) is 0 Å². The van der Waals surface area contributed by atoms with Gasteiger partial charge in [-0.1, -0.05) is 12.0 Å².